The lowest BCUT2D eigenvalue weighted by molar-refractivity contribution is -0.124. The number of aryl methyl sites for hydroxylation is 1. The number of esters is 1. The predicted octanol–water partition coefficient (Wildman–Crippen LogP) is 2.28. The maximum atomic E-state index is 11.8. The summed E-state index contributed by atoms with van der Waals surface area (Å²) >= 11 is 1.63. The zero-order valence-corrected chi connectivity index (χ0v) is 13.0. The van der Waals surface area contributed by atoms with Crippen molar-refractivity contribution >= 4 is 23.2 Å². The van der Waals surface area contributed by atoms with Crippen molar-refractivity contribution in [1.29, 1.82) is 0 Å². The Balaban J connectivity index is 1.76. The van der Waals surface area contributed by atoms with Gasteiger partial charge in [0.1, 0.15) is 11.3 Å². The quantitative estimate of drug-likeness (QED) is 0.801. The van der Waals surface area contributed by atoms with Crippen LogP contribution in [0.5, 0.6) is 5.75 Å². The van der Waals surface area contributed by atoms with E-state index in [-0.39, 0.29) is 23.8 Å². The molecule has 0 unspecified atom stereocenters. The highest BCUT2D eigenvalue weighted by Gasteiger charge is 2.15. The molecule has 116 valence electrons. The molecule has 0 atom stereocenters. The number of benzene rings is 1. The number of hydrogen-bond acceptors (Lipinski definition) is 5. The van der Waals surface area contributed by atoms with E-state index in [1.54, 1.807) is 30.4 Å². The predicted molar refractivity (Wildman–Crippen MR) is 84.2 cm³/mol. The molecule has 0 spiro atoms. The van der Waals surface area contributed by atoms with Gasteiger partial charge in [0.25, 0.3) is 5.91 Å². The summed E-state index contributed by atoms with van der Waals surface area (Å²) in [4.78, 5) is 24.6. The first kappa shape index (κ1) is 16.0. The summed E-state index contributed by atoms with van der Waals surface area (Å²) in [6, 6.07) is 8.74. The van der Waals surface area contributed by atoms with E-state index >= 15 is 0 Å². The summed E-state index contributed by atoms with van der Waals surface area (Å²) in [7, 11) is 0. The first-order valence-electron chi connectivity index (χ1n) is 6.82. The normalized spacial score (nSPS) is 10.2. The van der Waals surface area contributed by atoms with Crippen LogP contribution in [0.3, 0.4) is 0 Å². The summed E-state index contributed by atoms with van der Waals surface area (Å²) in [5.41, 5.74) is 0.640. The highest BCUT2D eigenvalue weighted by Crippen LogP contribution is 2.21. The molecule has 0 aliphatic heterocycles. The van der Waals surface area contributed by atoms with Crippen LogP contribution in [-0.2, 0) is 16.0 Å². The van der Waals surface area contributed by atoms with Crippen molar-refractivity contribution in [2.24, 2.45) is 0 Å². The van der Waals surface area contributed by atoms with Crippen molar-refractivity contribution in [1.82, 2.24) is 5.32 Å². The first-order valence-corrected chi connectivity index (χ1v) is 7.70. The molecular weight excluding hydrogens is 302 g/mol. The molecule has 6 heteroatoms. The van der Waals surface area contributed by atoms with E-state index in [4.69, 9.17) is 4.74 Å². The summed E-state index contributed by atoms with van der Waals surface area (Å²) in [6.07, 6.45) is 0.746. The molecule has 0 saturated heterocycles. The number of phenols is 1. The number of carbonyl (C=O) groups excluding carboxylic acids is 2. The third-order valence-electron chi connectivity index (χ3n) is 3.07. The van der Waals surface area contributed by atoms with E-state index in [1.165, 1.54) is 10.9 Å². The minimum atomic E-state index is -0.713. The van der Waals surface area contributed by atoms with Crippen LogP contribution in [0.2, 0.25) is 0 Å². The maximum Gasteiger partial charge on any atom is 0.342 e. The fourth-order valence-corrected chi connectivity index (χ4v) is 2.57. The number of aromatic hydroxyl groups is 1. The van der Waals surface area contributed by atoms with Crippen LogP contribution in [0.1, 0.15) is 20.8 Å². The van der Waals surface area contributed by atoms with Gasteiger partial charge in [-0.15, -0.1) is 11.3 Å². The van der Waals surface area contributed by atoms with E-state index in [0.717, 1.165) is 6.42 Å². The van der Waals surface area contributed by atoms with Crippen LogP contribution in [0, 0.1) is 6.92 Å². The Labute approximate surface area is 132 Å². The number of amides is 1. The highest BCUT2D eigenvalue weighted by molar-refractivity contribution is 7.09. The molecule has 1 aromatic heterocycles. The van der Waals surface area contributed by atoms with Gasteiger partial charge < -0.3 is 15.2 Å². The number of carbonyl (C=O) groups is 2. The van der Waals surface area contributed by atoms with Crippen molar-refractivity contribution < 1.29 is 19.4 Å². The zero-order valence-electron chi connectivity index (χ0n) is 12.2. The number of para-hydroxylation sites is 1. The lowest BCUT2D eigenvalue weighted by atomic mass is 10.1. The second-order valence-corrected chi connectivity index (χ2v) is 5.76. The van der Waals surface area contributed by atoms with Gasteiger partial charge in [-0.2, -0.15) is 0 Å². The molecule has 5 nitrogen and oxygen atoms in total. The Morgan fingerprint density at radius 3 is 2.82 bits per heavy atom. The van der Waals surface area contributed by atoms with Gasteiger partial charge in [-0.05, 0) is 36.4 Å². The topological polar surface area (TPSA) is 75.6 Å². The van der Waals surface area contributed by atoms with Gasteiger partial charge in [-0.3, -0.25) is 4.79 Å². The van der Waals surface area contributed by atoms with Gasteiger partial charge in [0, 0.05) is 11.4 Å². The SMILES string of the molecule is Cc1cccc(C(=O)OCC(=O)NCCc2cccs2)c1O. The van der Waals surface area contributed by atoms with Crippen LogP contribution in [0.15, 0.2) is 35.7 Å². The second kappa shape index (κ2) is 7.61. The second-order valence-electron chi connectivity index (χ2n) is 4.73. The molecule has 0 radical (unpaired) electrons. The Bertz CT molecular complexity index is 652. The molecule has 2 N–H and O–H groups in total. The molecular formula is C16H17NO4S. The fraction of sp³-hybridized carbons (Fsp3) is 0.250. The first-order chi connectivity index (χ1) is 10.6. The van der Waals surface area contributed by atoms with Gasteiger partial charge in [0.2, 0.25) is 0 Å². The van der Waals surface area contributed by atoms with E-state index in [1.807, 2.05) is 17.5 Å². The molecule has 1 amide bonds. The highest BCUT2D eigenvalue weighted by atomic mass is 32.1. The Kier molecular flexibility index (Phi) is 5.55. The molecule has 1 heterocycles. The van der Waals surface area contributed by atoms with Gasteiger partial charge in [-0.1, -0.05) is 18.2 Å². The summed E-state index contributed by atoms with van der Waals surface area (Å²) in [5.74, 6) is -1.20. The van der Waals surface area contributed by atoms with Crippen molar-refractivity contribution in [3.05, 3.63) is 51.7 Å². The van der Waals surface area contributed by atoms with Gasteiger partial charge in [-0.25, -0.2) is 4.79 Å². The van der Waals surface area contributed by atoms with Gasteiger partial charge in [0.05, 0.1) is 0 Å². The Morgan fingerprint density at radius 1 is 1.27 bits per heavy atom. The van der Waals surface area contributed by atoms with Crippen LogP contribution in [0.25, 0.3) is 0 Å². The zero-order chi connectivity index (χ0) is 15.9. The minimum Gasteiger partial charge on any atom is -0.507 e. The lowest BCUT2D eigenvalue weighted by Gasteiger charge is -2.08. The van der Waals surface area contributed by atoms with Gasteiger partial charge in [0.15, 0.2) is 6.61 Å². The number of phenolic OH excluding ortho intramolecular Hbond substituents is 1. The van der Waals surface area contributed by atoms with E-state index < -0.39 is 5.97 Å². The van der Waals surface area contributed by atoms with Crippen LogP contribution in [0.4, 0.5) is 0 Å². The van der Waals surface area contributed by atoms with E-state index in [9.17, 15) is 14.7 Å². The number of hydrogen-bond donors (Lipinski definition) is 2. The summed E-state index contributed by atoms with van der Waals surface area (Å²) in [6.45, 7) is 1.81. The fourth-order valence-electron chi connectivity index (χ4n) is 1.86. The molecule has 0 aliphatic rings. The van der Waals surface area contributed by atoms with E-state index in [2.05, 4.69) is 5.32 Å². The summed E-state index contributed by atoms with van der Waals surface area (Å²) in [5, 5.41) is 14.4. The van der Waals surface area contributed by atoms with Gasteiger partial charge >= 0.3 is 5.97 Å². The monoisotopic (exact) mass is 319 g/mol. The average Bonchev–Trinajstić information content (AvgIpc) is 3.01. The van der Waals surface area contributed by atoms with E-state index in [0.29, 0.717) is 12.1 Å². The van der Waals surface area contributed by atoms with Crippen LogP contribution < -0.4 is 5.32 Å². The standard InChI is InChI=1S/C16H17NO4S/c1-11-4-2-6-13(15(11)19)16(20)21-10-14(18)17-8-7-12-5-3-9-22-12/h2-6,9,19H,7-8,10H2,1H3,(H,17,18). The molecule has 2 rings (SSSR count). The smallest absolute Gasteiger partial charge is 0.342 e. The van der Waals surface area contributed by atoms with Crippen molar-refractivity contribution in [3.63, 3.8) is 0 Å². The molecule has 1 aromatic carbocycles. The Hall–Kier alpha value is -2.34. The molecule has 0 fully saturated rings. The molecule has 2 aromatic rings. The molecule has 0 bridgehead atoms. The molecule has 0 saturated carbocycles. The largest absolute Gasteiger partial charge is 0.507 e. The molecule has 22 heavy (non-hydrogen) atoms. The number of ether oxygens (including phenoxy) is 1. The van der Waals surface area contributed by atoms with Crippen molar-refractivity contribution in [2.75, 3.05) is 13.2 Å². The molecule has 0 aliphatic carbocycles. The maximum absolute atomic E-state index is 11.8. The number of rotatable bonds is 6. The van der Waals surface area contributed by atoms with Crippen molar-refractivity contribution in [2.45, 2.75) is 13.3 Å². The summed E-state index contributed by atoms with van der Waals surface area (Å²) < 4.78 is 4.91. The number of nitrogens with one attached hydrogen (secondary N) is 1. The number of thiophene rings is 1. The van der Waals surface area contributed by atoms with Crippen molar-refractivity contribution in [3.8, 4) is 5.75 Å². The lowest BCUT2D eigenvalue weighted by Crippen LogP contribution is -2.30. The van der Waals surface area contributed by atoms with Crippen LogP contribution >= 0.6 is 11.3 Å². The Morgan fingerprint density at radius 2 is 2.09 bits per heavy atom. The third kappa shape index (κ3) is 4.33. The minimum absolute atomic E-state index is 0.0615. The average molecular weight is 319 g/mol. The van der Waals surface area contributed by atoms with Crippen LogP contribution in [-0.4, -0.2) is 30.1 Å². The third-order valence-corrected chi connectivity index (χ3v) is 4.00.